The van der Waals surface area contributed by atoms with E-state index in [9.17, 15) is 0 Å². The molecule has 0 amide bonds. The average Bonchev–Trinajstić information content (AvgIpc) is 2.54. The quantitative estimate of drug-likeness (QED) is 0.788. The van der Waals surface area contributed by atoms with Gasteiger partial charge in [0.2, 0.25) is 5.36 Å². The van der Waals surface area contributed by atoms with E-state index in [4.69, 9.17) is 9.47 Å². The van der Waals surface area contributed by atoms with Crippen LogP contribution in [0.2, 0.25) is 0 Å². The fourth-order valence-corrected chi connectivity index (χ4v) is 3.98. The van der Waals surface area contributed by atoms with Crippen LogP contribution < -0.4 is 19.9 Å². The number of allylic oxidation sites excluding steroid dienone is 1. The lowest BCUT2D eigenvalue weighted by Crippen LogP contribution is -2.51. The van der Waals surface area contributed by atoms with Gasteiger partial charge in [-0.05, 0) is 36.6 Å². The third-order valence-electron chi connectivity index (χ3n) is 4.22. The summed E-state index contributed by atoms with van der Waals surface area (Å²) in [6.45, 7) is 0. The normalized spacial score (nSPS) is 23.3. The van der Waals surface area contributed by atoms with Crippen LogP contribution in [0.1, 0.15) is 0 Å². The maximum Gasteiger partial charge on any atom is 0.208 e. The number of ether oxygens (including phenoxy) is 2. The summed E-state index contributed by atoms with van der Waals surface area (Å²) >= 11 is 1.81. The summed E-state index contributed by atoms with van der Waals surface area (Å²) in [5, 5.41) is 2.51. The van der Waals surface area contributed by atoms with E-state index < -0.39 is 0 Å². The van der Waals surface area contributed by atoms with Gasteiger partial charge in [0.1, 0.15) is 18.6 Å². The molecule has 0 radical (unpaired) electrons. The molecule has 3 rings (SSSR count). The molecule has 0 N–H and O–H groups in total. The van der Waals surface area contributed by atoms with E-state index in [0.29, 0.717) is 12.0 Å². The number of nitrogens with zero attached hydrogens (tertiary/aromatic N) is 1. The Hall–Kier alpha value is -1.68. The van der Waals surface area contributed by atoms with E-state index in [1.165, 1.54) is 15.5 Å². The largest absolute Gasteiger partial charge is 0.497 e. The summed E-state index contributed by atoms with van der Waals surface area (Å²) in [4.78, 5) is 1.37. The van der Waals surface area contributed by atoms with Crippen LogP contribution in [-0.2, 0) is 4.74 Å². The van der Waals surface area contributed by atoms with Crippen molar-refractivity contribution in [3.8, 4) is 5.75 Å². The molecule has 1 aromatic rings. The second-order valence-corrected chi connectivity index (χ2v) is 6.06. The Labute approximate surface area is 129 Å². The van der Waals surface area contributed by atoms with Crippen LogP contribution in [0.5, 0.6) is 5.75 Å². The minimum absolute atomic E-state index is 0.324. The van der Waals surface area contributed by atoms with Crippen LogP contribution in [0, 0.1) is 5.92 Å². The number of hydrogen-bond acceptors (Lipinski definition) is 3. The molecule has 1 heterocycles. The molecule has 2 atom stereocenters. The topological polar surface area (TPSA) is 21.5 Å². The molecule has 1 aromatic carbocycles. The highest BCUT2D eigenvalue weighted by Crippen LogP contribution is 2.33. The van der Waals surface area contributed by atoms with E-state index in [1.54, 1.807) is 14.2 Å². The SMILES string of the molecule is COC1=CC2C(SC)=c3cc(OC)ccc3=[N+](C)C2C=C1. The van der Waals surface area contributed by atoms with Crippen LogP contribution >= 0.6 is 11.8 Å². The molecule has 110 valence electrons. The Morgan fingerprint density at radius 3 is 2.67 bits per heavy atom. The van der Waals surface area contributed by atoms with Crippen molar-refractivity contribution >= 4 is 16.7 Å². The molecule has 1 aliphatic heterocycles. The molecule has 0 fully saturated rings. The summed E-state index contributed by atoms with van der Waals surface area (Å²) in [6.07, 6.45) is 8.64. The third-order valence-corrected chi connectivity index (χ3v) is 5.16. The van der Waals surface area contributed by atoms with Crippen molar-refractivity contribution in [2.24, 2.45) is 5.92 Å². The smallest absolute Gasteiger partial charge is 0.208 e. The molecule has 2 unspecified atom stereocenters. The Morgan fingerprint density at radius 1 is 1.19 bits per heavy atom. The highest BCUT2D eigenvalue weighted by atomic mass is 32.2. The fraction of sp³-hybridized carbons (Fsp3) is 0.353. The molecule has 1 aliphatic carbocycles. The highest BCUT2D eigenvalue weighted by molar-refractivity contribution is 8.07. The Balaban J connectivity index is 2.31. The monoisotopic (exact) mass is 302 g/mol. The molecular formula is C17H20NO2S+. The first-order chi connectivity index (χ1) is 10.2. The Bertz CT molecular complexity index is 749. The van der Waals surface area contributed by atoms with Crippen molar-refractivity contribution in [3.63, 3.8) is 0 Å². The van der Waals surface area contributed by atoms with Gasteiger partial charge in [-0.15, -0.1) is 11.8 Å². The second kappa shape index (κ2) is 5.60. The number of rotatable bonds is 3. The van der Waals surface area contributed by atoms with Crippen molar-refractivity contribution in [1.82, 2.24) is 4.58 Å². The van der Waals surface area contributed by atoms with Gasteiger partial charge in [0.05, 0.1) is 25.4 Å². The molecule has 0 aromatic heterocycles. The number of methoxy groups -OCH3 is 2. The summed E-state index contributed by atoms with van der Waals surface area (Å²) in [6, 6.07) is 6.64. The highest BCUT2D eigenvalue weighted by Gasteiger charge is 2.35. The molecule has 3 nitrogen and oxygen atoms in total. The van der Waals surface area contributed by atoms with Crippen LogP contribution in [0.15, 0.2) is 42.2 Å². The zero-order chi connectivity index (χ0) is 15.0. The Morgan fingerprint density at radius 2 is 2.00 bits per heavy atom. The lowest BCUT2D eigenvalue weighted by atomic mass is 9.90. The van der Waals surface area contributed by atoms with Crippen molar-refractivity contribution < 1.29 is 9.47 Å². The number of benzene rings is 1. The molecule has 2 aliphatic rings. The average molecular weight is 302 g/mol. The minimum Gasteiger partial charge on any atom is -0.497 e. The van der Waals surface area contributed by atoms with Gasteiger partial charge >= 0.3 is 0 Å². The maximum atomic E-state index is 5.41. The predicted octanol–water partition coefficient (Wildman–Crippen LogP) is 1.39. The minimum atomic E-state index is 0.324. The predicted molar refractivity (Wildman–Crippen MR) is 87.8 cm³/mol. The number of fused-ring (bicyclic) bond motifs is 2. The summed E-state index contributed by atoms with van der Waals surface area (Å²) in [7, 11) is 5.58. The van der Waals surface area contributed by atoms with Crippen LogP contribution in [0.4, 0.5) is 0 Å². The molecule has 0 spiro atoms. The summed E-state index contributed by atoms with van der Waals surface area (Å²) in [5.74, 6) is 2.15. The van der Waals surface area contributed by atoms with Crippen LogP contribution in [-0.4, -0.2) is 33.6 Å². The van der Waals surface area contributed by atoms with Gasteiger partial charge in [0.25, 0.3) is 0 Å². The van der Waals surface area contributed by atoms with E-state index in [0.717, 1.165) is 11.5 Å². The maximum absolute atomic E-state index is 5.41. The first kappa shape index (κ1) is 14.3. The van der Waals surface area contributed by atoms with Crippen molar-refractivity contribution in [3.05, 3.63) is 52.8 Å². The molecule has 21 heavy (non-hydrogen) atoms. The van der Waals surface area contributed by atoms with Gasteiger partial charge in [-0.2, -0.15) is 0 Å². The van der Waals surface area contributed by atoms with E-state index in [1.807, 2.05) is 17.8 Å². The molecular weight excluding hydrogens is 282 g/mol. The second-order valence-electron chi connectivity index (χ2n) is 5.21. The molecule has 4 heteroatoms. The molecule has 0 saturated carbocycles. The number of thioether (sulfide) groups is 1. The van der Waals surface area contributed by atoms with Gasteiger partial charge in [0, 0.05) is 11.0 Å². The molecule has 0 bridgehead atoms. The first-order valence-corrected chi connectivity index (χ1v) is 8.18. The summed E-state index contributed by atoms with van der Waals surface area (Å²) in [5.41, 5.74) is 0. The zero-order valence-electron chi connectivity index (χ0n) is 12.8. The van der Waals surface area contributed by atoms with Crippen molar-refractivity contribution in [1.29, 1.82) is 0 Å². The lowest BCUT2D eigenvalue weighted by molar-refractivity contribution is 0.298. The van der Waals surface area contributed by atoms with Crippen molar-refractivity contribution in [2.75, 3.05) is 27.5 Å². The van der Waals surface area contributed by atoms with E-state index in [-0.39, 0.29) is 0 Å². The lowest BCUT2D eigenvalue weighted by Gasteiger charge is -2.27. The van der Waals surface area contributed by atoms with Gasteiger partial charge in [0.15, 0.2) is 6.04 Å². The van der Waals surface area contributed by atoms with E-state index in [2.05, 4.69) is 48.2 Å². The number of likely N-dealkylation sites (N-methyl/N-ethyl adjacent to an activating group) is 1. The van der Waals surface area contributed by atoms with E-state index >= 15 is 0 Å². The third kappa shape index (κ3) is 2.27. The van der Waals surface area contributed by atoms with Crippen molar-refractivity contribution in [2.45, 2.75) is 6.04 Å². The van der Waals surface area contributed by atoms with Gasteiger partial charge in [-0.3, -0.25) is 0 Å². The van der Waals surface area contributed by atoms with Gasteiger partial charge in [-0.25, -0.2) is 4.58 Å². The van der Waals surface area contributed by atoms with Gasteiger partial charge < -0.3 is 9.47 Å². The number of hydrogen-bond donors (Lipinski definition) is 0. The summed E-state index contributed by atoms with van der Waals surface area (Å²) < 4.78 is 13.1. The van der Waals surface area contributed by atoms with Gasteiger partial charge in [-0.1, -0.05) is 0 Å². The fourth-order valence-electron chi connectivity index (χ4n) is 3.11. The first-order valence-electron chi connectivity index (χ1n) is 6.95. The Kier molecular flexibility index (Phi) is 3.81. The molecule has 0 saturated heterocycles. The standard InChI is InChI=1S/C17H20NO2S/c1-18-15-7-5-11(19-2)9-13(15)17(21-4)14-10-12(20-3)6-8-16(14)18/h5-10,13,15H,1-4H3/q+1. The van der Waals surface area contributed by atoms with Crippen LogP contribution in [0.3, 0.4) is 0 Å². The van der Waals surface area contributed by atoms with Crippen LogP contribution in [0.25, 0.3) is 4.91 Å². The zero-order valence-corrected chi connectivity index (χ0v) is 13.6.